The number of benzene rings is 1. The second kappa shape index (κ2) is 6.95. The lowest BCUT2D eigenvalue weighted by Gasteiger charge is -2.20. The molecule has 0 aromatic heterocycles. The van der Waals surface area contributed by atoms with Gasteiger partial charge in [-0.05, 0) is 36.3 Å². The molecule has 1 aliphatic rings. The van der Waals surface area contributed by atoms with Gasteiger partial charge in [0.05, 0.1) is 12.7 Å². The summed E-state index contributed by atoms with van der Waals surface area (Å²) < 4.78 is 10.5. The van der Waals surface area contributed by atoms with Crippen LogP contribution >= 0.6 is 0 Å². The van der Waals surface area contributed by atoms with Crippen molar-refractivity contribution in [1.82, 2.24) is 0 Å². The number of phenolic OH excluding ortho intramolecular Hbond substituents is 2. The first-order chi connectivity index (χ1) is 10.5. The zero-order valence-electron chi connectivity index (χ0n) is 12.4. The highest BCUT2D eigenvalue weighted by atomic mass is 16.5. The average molecular weight is 302 g/mol. The van der Waals surface area contributed by atoms with Crippen molar-refractivity contribution in [2.24, 2.45) is 0 Å². The number of methoxy groups -OCH3 is 2. The van der Waals surface area contributed by atoms with Crippen LogP contribution in [0.25, 0.3) is 0 Å². The SMILES string of the molecule is COC1=CC(/C=C/C(=O)c2ccc(O)cc2O)=CCC1OC. The lowest BCUT2D eigenvalue weighted by Crippen LogP contribution is -2.17. The predicted octanol–water partition coefficient (Wildman–Crippen LogP) is 2.71. The van der Waals surface area contributed by atoms with E-state index in [0.717, 1.165) is 11.6 Å². The minimum Gasteiger partial charge on any atom is -0.508 e. The number of phenols is 2. The van der Waals surface area contributed by atoms with Crippen LogP contribution in [0.1, 0.15) is 16.8 Å². The predicted molar refractivity (Wildman–Crippen MR) is 81.8 cm³/mol. The summed E-state index contributed by atoms with van der Waals surface area (Å²) in [5.41, 5.74) is 0.966. The summed E-state index contributed by atoms with van der Waals surface area (Å²) in [5, 5.41) is 18.9. The van der Waals surface area contributed by atoms with Crippen LogP contribution in [0.5, 0.6) is 11.5 Å². The van der Waals surface area contributed by atoms with Crippen LogP contribution in [0.15, 0.2) is 53.8 Å². The van der Waals surface area contributed by atoms with Crippen LogP contribution in [0.3, 0.4) is 0 Å². The largest absolute Gasteiger partial charge is 0.508 e. The fraction of sp³-hybridized carbons (Fsp3) is 0.235. The molecule has 1 unspecified atom stereocenters. The van der Waals surface area contributed by atoms with Gasteiger partial charge in [-0.3, -0.25) is 4.79 Å². The van der Waals surface area contributed by atoms with E-state index < -0.39 is 0 Å². The van der Waals surface area contributed by atoms with Crippen molar-refractivity contribution >= 4 is 5.78 Å². The molecule has 0 amide bonds. The maximum atomic E-state index is 12.1. The van der Waals surface area contributed by atoms with E-state index in [4.69, 9.17) is 9.47 Å². The van der Waals surface area contributed by atoms with Gasteiger partial charge in [0.1, 0.15) is 23.4 Å². The third kappa shape index (κ3) is 3.56. The molecule has 2 rings (SSSR count). The van der Waals surface area contributed by atoms with Crippen LogP contribution in [0.2, 0.25) is 0 Å². The molecule has 1 aliphatic carbocycles. The Kier molecular flexibility index (Phi) is 5.01. The standard InChI is InChI=1S/C17H18O5/c1-21-16-8-4-11(9-17(16)22-2)3-7-14(19)13-6-5-12(18)10-15(13)20/h3-7,9-10,16,18,20H,8H2,1-2H3/b7-3+. The molecule has 0 fully saturated rings. The lowest BCUT2D eigenvalue weighted by atomic mass is 10.0. The van der Waals surface area contributed by atoms with E-state index in [1.807, 2.05) is 6.08 Å². The Morgan fingerprint density at radius 2 is 2.09 bits per heavy atom. The van der Waals surface area contributed by atoms with Crippen LogP contribution < -0.4 is 0 Å². The van der Waals surface area contributed by atoms with Crippen LogP contribution in [0, 0.1) is 0 Å². The maximum absolute atomic E-state index is 12.1. The third-order valence-corrected chi connectivity index (χ3v) is 3.39. The molecule has 1 aromatic rings. The highest BCUT2D eigenvalue weighted by Gasteiger charge is 2.17. The van der Waals surface area contributed by atoms with E-state index in [0.29, 0.717) is 12.2 Å². The second-order valence-corrected chi connectivity index (χ2v) is 4.81. The molecule has 5 nitrogen and oxygen atoms in total. The zero-order chi connectivity index (χ0) is 16.1. The Labute approximate surface area is 128 Å². The maximum Gasteiger partial charge on any atom is 0.189 e. The molecular weight excluding hydrogens is 284 g/mol. The number of ketones is 1. The van der Waals surface area contributed by atoms with Gasteiger partial charge in [0.25, 0.3) is 0 Å². The summed E-state index contributed by atoms with van der Waals surface area (Å²) in [7, 11) is 3.19. The highest BCUT2D eigenvalue weighted by molar-refractivity contribution is 6.06. The topological polar surface area (TPSA) is 76.0 Å². The first kappa shape index (κ1) is 15.9. The molecule has 1 aromatic carbocycles. The van der Waals surface area contributed by atoms with E-state index in [-0.39, 0.29) is 28.9 Å². The molecular formula is C17H18O5. The lowest BCUT2D eigenvalue weighted by molar-refractivity contribution is 0.0792. The Balaban J connectivity index is 2.13. The molecule has 116 valence electrons. The molecule has 0 aliphatic heterocycles. The van der Waals surface area contributed by atoms with Crippen LogP contribution in [0.4, 0.5) is 0 Å². The highest BCUT2D eigenvalue weighted by Crippen LogP contribution is 2.24. The molecule has 0 bridgehead atoms. The summed E-state index contributed by atoms with van der Waals surface area (Å²) in [6.07, 6.45) is 7.32. The van der Waals surface area contributed by atoms with Crippen LogP contribution in [-0.4, -0.2) is 36.3 Å². The number of rotatable bonds is 5. The Morgan fingerprint density at radius 1 is 1.32 bits per heavy atom. The van der Waals surface area contributed by atoms with Crippen molar-refractivity contribution in [3.63, 3.8) is 0 Å². The molecule has 0 heterocycles. The molecule has 0 saturated carbocycles. The summed E-state index contributed by atoms with van der Waals surface area (Å²) >= 11 is 0. The third-order valence-electron chi connectivity index (χ3n) is 3.39. The number of carbonyl (C=O) groups is 1. The Hall–Kier alpha value is -2.53. The number of aromatic hydroxyl groups is 2. The van der Waals surface area contributed by atoms with Gasteiger partial charge in [-0.15, -0.1) is 0 Å². The van der Waals surface area contributed by atoms with Gasteiger partial charge in [-0.1, -0.05) is 12.2 Å². The fourth-order valence-corrected chi connectivity index (χ4v) is 2.18. The molecule has 22 heavy (non-hydrogen) atoms. The van der Waals surface area contributed by atoms with Gasteiger partial charge in [0.2, 0.25) is 0 Å². The number of carbonyl (C=O) groups excluding carboxylic acids is 1. The van der Waals surface area contributed by atoms with Crippen LogP contribution in [-0.2, 0) is 9.47 Å². The van der Waals surface area contributed by atoms with Gasteiger partial charge in [-0.2, -0.15) is 0 Å². The van der Waals surface area contributed by atoms with Crippen molar-refractivity contribution in [3.05, 3.63) is 59.4 Å². The molecule has 0 spiro atoms. The summed E-state index contributed by atoms with van der Waals surface area (Å²) in [4.78, 5) is 12.1. The van der Waals surface area contributed by atoms with E-state index in [1.54, 1.807) is 26.4 Å². The second-order valence-electron chi connectivity index (χ2n) is 4.81. The van der Waals surface area contributed by atoms with E-state index in [9.17, 15) is 15.0 Å². The molecule has 1 atom stereocenters. The Bertz CT molecular complexity index is 655. The molecule has 0 radical (unpaired) electrons. The smallest absolute Gasteiger partial charge is 0.189 e. The van der Waals surface area contributed by atoms with Gasteiger partial charge in [0, 0.05) is 13.2 Å². The molecule has 5 heteroatoms. The average Bonchev–Trinajstić information content (AvgIpc) is 2.52. The van der Waals surface area contributed by atoms with Crippen molar-refractivity contribution in [1.29, 1.82) is 0 Å². The summed E-state index contributed by atoms with van der Waals surface area (Å²) in [5.74, 6) is 0.00958. The van der Waals surface area contributed by atoms with E-state index >= 15 is 0 Å². The first-order valence-corrected chi connectivity index (χ1v) is 6.78. The fourth-order valence-electron chi connectivity index (χ4n) is 2.18. The van der Waals surface area contributed by atoms with Crippen molar-refractivity contribution in [2.45, 2.75) is 12.5 Å². The zero-order valence-corrected chi connectivity index (χ0v) is 12.4. The van der Waals surface area contributed by atoms with E-state index in [1.165, 1.54) is 18.2 Å². The summed E-state index contributed by atoms with van der Waals surface area (Å²) in [6, 6.07) is 3.86. The Morgan fingerprint density at radius 3 is 2.73 bits per heavy atom. The van der Waals surface area contributed by atoms with Gasteiger partial charge in [0.15, 0.2) is 5.78 Å². The monoisotopic (exact) mass is 302 g/mol. The minimum atomic E-state index is -0.348. The van der Waals surface area contributed by atoms with E-state index in [2.05, 4.69) is 0 Å². The van der Waals surface area contributed by atoms with Gasteiger partial charge >= 0.3 is 0 Å². The normalized spacial score (nSPS) is 18.0. The van der Waals surface area contributed by atoms with Crippen molar-refractivity contribution < 1.29 is 24.5 Å². The minimum absolute atomic E-state index is 0.0914. The number of allylic oxidation sites excluding steroid dienone is 4. The number of hydrogen-bond donors (Lipinski definition) is 2. The number of hydrogen-bond acceptors (Lipinski definition) is 5. The number of ether oxygens (including phenoxy) is 2. The first-order valence-electron chi connectivity index (χ1n) is 6.78. The summed E-state index contributed by atoms with van der Waals surface area (Å²) in [6.45, 7) is 0. The van der Waals surface area contributed by atoms with Gasteiger partial charge < -0.3 is 19.7 Å². The van der Waals surface area contributed by atoms with Gasteiger partial charge in [-0.25, -0.2) is 0 Å². The quantitative estimate of drug-likeness (QED) is 0.646. The molecule has 0 saturated heterocycles. The molecule has 2 N–H and O–H groups in total. The van der Waals surface area contributed by atoms with Crippen molar-refractivity contribution in [2.75, 3.05) is 14.2 Å². The van der Waals surface area contributed by atoms with Crippen molar-refractivity contribution in [3.8, 4) is 11.5 Å².